The fourth-order valence-corrected chi connectivity index (χ4v) is 2.29. The Morgan fingerprint density at radius 3 is 3.23 bits per heavy atom. The van der Waals surface area contributed by atoms with Crippen LogP contribution in [0.15, 0.2) is 0 Å². The van der Waals surface area contributed by atoms with Gasteiger partial charge < -0.3 is 9.84 Å². The van der Waals surface area contributed by atoms with Crippen molar-refractivity contribution in [3.05, 3.63) is 0 Å². The molecule has 0 bridgehead atoms. The third kappa shape index (κ3) is 1.24. The zero-order valence-corrected chi connectivity index (χ0v) is 7.57. The van der Waals surface area contributed by atoms with Crippen molar-refractivity contribution in [2.24, 2.45) is 0 Å². The molecule has 4 heteroatoms. The Morgan fingerprint density at radius 2 is 2.54 bits per heavy atom. The first-order valence-corrected chi connectivity index (χ1v) is 4.69. The third-order valence-corrected chi connectivity index (χ3v) is 3.05. The second-order valence-electron chi connectivity index (χ2n) is 3.81. The van der Waals surface area contributed by atoms with Gasteiger partial charge >= 0.3 is 0 Å². The number of nitrogens with zero attached hydrogens (tertiary/aromatic N) is 2. The normalized spacial score (nSPS) is 39.8. The lowest BCUT2D eigenvalue weighted by Crippen LogP contribution is -2.60. The van der Waals surface area contributed by atoms with E-state index in [1.54, 1.807) is 0 Å². The zero-order chi connectivity index (χ0) is 9.31. The van der Waals surface area contributed by atoms with Crippen molar-refractivity contribution in [2.45, 2.75) is 24.4 Å². The lowest BCUT2D eigenvalue weighted by molar-refractivity contribution is -0.0809. The fourth-order valence-electron chi connectivity index (χ4n) is 2.29. The average molecular weight is 182 g/mol. The molecule has 2 rings (SSSR count). The Morgan fingerprint density at radius 1 is 1.69 bits per heavy atom. The minimum atomic E-state index is -0.764. The predicted molar refractivity (Wildman–Crippen MR) is 46.0 cm³/mol. The Hall–Kier alpha value is -0.630. The van der Waals surface area contributed by atoms with E-state index in [9.17, 15) is 5.11 Å². The molecule has 13 heavy (non-hydrogen) atoms. The topological polar surface area (TPSA) is 56.5 Å². The summed E-state index contributed by atoms with van der Waals surface area (Å²) in [4.78, 5) is 2.11. The van der Waals surface area contributed by atoms with Gasteiger partial charge in [0, 0.05) is 12.6 Å². The van der Waals surface area contributed by atoms with Crippen LogP contribution >= 0.6 is 0 Å². The summed E-state index contributed by atoms with van der Waals surface area (Å²) < 4.78 is 5.36. The predicted octanol–water partition coefficient (Wildman–Crippen LogP) is -0.264. The van der Waals surface area contributed by atoms with Crippen molar-refractivity contribution in [1.29, 1.82) is 5.26 Å². The van der Waals surface area contributed by atoms with Gasteiger partial charge in [0.25, 0.3) is 0 Å². The summed E-state index contributed by atoms with van der Waals surface area (Å²) in [6, 6.07) is 2.54. The highest BCUT2D eigenvalue weighted by atomic mass is 16.5. The summed E-state index contributed by atoms with van der Waals surface area (Å²) in [6.45, 7) is 1.85. The highest BCUT2D eigenvalue weighted by molar-refractivity contribution is 5.13. The Labute approximate surface area is 77.7 Å². The number of aliphatic hydroxyl groups is 1. The van der Waals surface area contributed by atoms with Crippen LogP contribution in [-0.2, 0) is 4.74 Å². The van der Waals surface area contributed by atoms with Gasteiger partial charge in [-0.2, -0.15) is 5.26 Å². The zero-order valence-electron chi connectivity index (χ0n) is 7.57. The summed E-state index contributed by atoms with van der Waals surface area (Å²) >= 11 is 0. The number of aliphatic hydroxyl groups excluding tert-OH is 1. The maximum Gasteiger partial charge on any atom is 0.156 e. The van der Waals surface area contributed by atoms with Crippen LogP contribution in [0.3, 0.4) is 0 Å². The van der Waals surface area contributed by atoms with Gasteiger partial charge in [0.15, 0.2) is 5.54 Å². The summed E-state index contributed by atoms with van der Waals surface area (Å²) in [5.74, 6) is 0. The number of hydrogen-bond donors (Lipinski definition) is 1. The van der Waals surface area contributed by atoms with Crippen LogP contribution in [0.5, 0.6) is 0 Å². The van der Waals surface area contributed by atoms with E-state index in [1.807, 2.05) is 0 Å². The molecule has 0 unspecified atom stereocenters. The second kappa shape index (κ2) is 3.26. The van der Waals surface area contributed by atoms with Crippen LogP contribution in [0.2, 0.25) is 0 Å². The van der Waals surface area contributed by atoms with Gasteiger partial charge in [-0.05, 0) is 12.8 Å². The summed E-state index contributed by atoms with van der Waals surface area (Å²) in [6.07, 6.45) is 2.20. The maximum absolute atomic E-state index is 9.24. The molecule has 2 aliphatic heterocycles. The molecular weight excluding hydrogens is 168 g/mol. The van der Waals surface area contributed by atoms with Crippen LogP contribution in [0, 0.1) is 11.3 Å². The molecular formula is C9H14N2O2. The second-order valence-corrected chi connectivity index (χ2v) is 3.81. The Balaban J connectivity index is 2.22. The first-order valence-electron chi connectivity index (χ1n) is 4.69. The lowest BCUT2D eigenvalue weighted by atomic mass is 9.98. The number of hydrogen-bond acceptors (Lipinski definition) is 4. The van der Waals surface area contributed by atoms with E-state index in [4.69, 9.17) is 10.00 Å². The van der Waals surface area contributed by atoms with Crippen molar-refractivity contribution in [3.63, 3.8) is 0 Å². The number of rotatable bonds is 1. The van der Waals surface area contributed by atoms with E-state index in [0.29, 0.717) is 19.3 Å². The first-order chi connectivity index (χ1) is 6.32. The van der Waals surface area contributed by atoms with Crippen LogP contribution in [0.4, 0.5) is 0 Å². The summed E-state index contributed by atoms with van der Waals surface area (Å²) in [5, 5.41) is 18.3. The van der Waals surface area contributed by atoms with Gasteiger partial charge in [0.1, 0.15) is 0 Å². The SMILES string of the molecule is N#C[C@@]1(CO)COC[C@@H]2CCCN21. The van der Waals surface area contributed by atoms with Gasteiger partial charge in [0.2, 0.25) is 0 Å². The minimum absolute atomic E-state index is 0.125. The quantitative estimate of drug-likeness (QED) is 0.607. The van der Waals surface area contributed by atoms with E-state index >= 15 is 0 Å². The molecule has 0 aromatic rings. The number of ether oxygens (including phenoxy) is 1. The molecule has 2 atom stereocenters. The van der Waals surface area contributed by atoms with E-state index < -0.39 is 5.54 Å². The first kappa shape index (κ1) is 8.95. The lowest BCUT2D eigenvalue weighted by Gasteiger charge is -2.42. The molecule has 0 radical (unpaired) electrons. The molecule has 72 valence electrons. The smallest absolute Gasteiger partial charge is 0.156 e. The van der Waals surface area contributed by atoms with E-state index in [-0.39, 0.29) is 6.61 Å². The van der Waals surface area contributed by atoms with E-state index in [2.05, 4.69) is 11.0 Å². The molecule has 2 aliphatic rings. The van der Waals surface area contributed by atoms with Crippen molar-refractivity contribution < 1.29 is 9.84 Å². The molecule has 0 amide bonds. The van der Waals surface area contributed by atoms with Crippen LogP contribution in [-0.4, -0.2) is 48.0 Å². The van der Waals surface area contributed by atoms with E-state index in [1.165, 1.54) is 0 Å². The third-order valence-electron chi connectivity index (χ3n) is 3.05. The number of morpholine rings is 1. The highest BCUT2D eigenvalue weighted by Crippen LogP contribution is 2.30. The molecule has 0 aromatic heterocycles. The van der Waals surface area contributed by atoms with Crippen LogP contribution in [0.1, 0.15) is 12.8 Å². The standard InChI is InChI=1S/C9H14N2O2/c10-5-9(6-12)7-13-4-8-2-1-3-11(8)9/h8,12H,1-4,6-7H2/t8-,9+/m0/s1. The average Bonchev–Trinajstić information content (AvgIpc) is 2.65. The number of fused-ring (bicyclic) bond motifs is 1. The molecule has 0 saturated carbocycles. The molecule has 0 aromatic carbocycles. The highest BCUT2D eigenvalue weighted by Gasteiger charge is 2.46. The minimum Gasteiger partial charge on any atom is -0.393 e. The van der Waals surface area contributed by atoms with Crippen LogP contribution in [0.25, 0.3) is 0 Å². The largest absolute Gasteiger partial charge is 0.393 e. The monoisotopic (exact) mass is 182 g/mol. The molecule has 2 fully saturated rings. The molecule has 0 aliphatic carbocycles. The summed E-state index contributed by atoms with van der Waals surface area (Å²) in [7, 11) is 0. The number of nitriles is 1. The molecule has 4 nitrogen and oxygen atoms in total. The summed E-state index contributed by atoms with van der Waals surface area (Å²) in [5.41, 5.74) is -0.764. The molecule has 2 heterocycles. The van der Waals surface area contributed by atoms with Crippen molar-refractivity contribution in [2.75, 3.05) is 26.4 Å². The Bertz CT molecular complexity index is 238. The van der Waals surface area contributed by atoms with Gasteiger partial charge in [-0.1, -0.05) is 0 Å². The molecule has 1 N–H and O–H groups in total. The van der Waals surface area contributed by atoms with Crippen LogP contribution < -0.4 is 0 Å². The van der Waals surface area contributed by atoms with Crippen molar-refractivity contribution >= 4 is 0 Å². The van der Waals surface area contributed by atoms with Gasteiger partial charge in [-0.25, -0.2) is 0 Å². The molecule has 0 spiro atoms. The Kier molecular flexibility index (Phi) is 2.24. The van der Waals surface area contributed by atoms with Gasteiger partial charge in [-0.3, -0.25) is 4.90 Å². The van der Waals surface area contributed by atoms with Gasteiger partial charge in [-0.15, -0.1) is 0 Å². The van der Waals surface area contributed by atoms with Crippen molar-refractivity contribution in [3.8, 4) is 6.07 Å². The van der Waals surface area contributed by atoms with Crippen molar-refractivity contribution in [1.82, 2.24) is 4.90 Å². The maximum atomic E-state index is 9.24. The van der Waals surface area contributed by atoms with Gasteiger partial charge in [0.05, 0.1) is 25.9 Å². The molecule has 2 saturated heterocycles. The van der Waals surface area contributed by atoms with E-state index in [0.717, 1.165) is 19.4 Å². The fraction of sp³-hybridized carbons (Fsp3) is 0.889.